The SMILES string of the molecule is CN(Cc1cc(Sc2ccc(Cl)nc2)n(-c2ccc(F)cc2F)n1)C(=O)OC(C)(C)C. The molecule has 0 spiro atoms. The highest BCUT2D eigenvalue weighted by molar-refractivity contribution is 7.99. The number of amides is 1. The van der Waals surface area contributed by atoms with Crippen LogP contribution >= 0.6 is 23.4 Å². The lowest BCUT2D eigenvalue weighted by Crippen LogP contribution is -2.33. The Bertz CT molecular complexity index is 1080. The number of benzene rings is 1. The van der Waals surface area contributed by atoms with Crippen LogP contribution in [0.4, 0.5) is 13.6 Å². The zero-order valence-electron chi connectivity index (χ0n) is 17.4. The van der Waals surface area contributed by atoms with Crippen LogP contribution < -0.4 is 0 Å². The number of aromatic nitrogens is 3. The number of halogens is 3. The summed E-state index contributed by atoms with van der Waals surface area (Å²) in [6.45, 7) is 5.47. The van der Waals surface area contributed by atoms with E-state index in [1.807, 2.05) is 0 Å². The zero-order valence-corrected chi connectivity index (χ0v) is 19.0. The van der Waals surface area contributed by atoms with Gasteiger partial charge in [0.05, 0.1) is 12.2 Å². The van der Waals surface area contributed by atoms with Gasteiger partial charge in [-0.1, -0.05) is 23.4 Å². The number of hydrogen-bond acceptors (Lipinski definition) is 5. The number of carbonyl (C=O) groups is 1. The summed E-state index contributed by atoms with van der Waals surface area (Å²) >= 11 is 7.12. The van der Waals surface area contributed by atoms with Gasteiger partial charge in [0.25, 0.3) is 0 Å². The van der Waals surface area contributed by atoms with Crippen LogP contribution in [0.5, 0.6) is 0 Å². The number of rotatable bonds is 5. The maximum atomic E-state index is 14.5. The molecule has 31 heavy (non-hydrogen) atoms. The molecule has 10 heteroatoms. The first kappa shape index (κ1) is 23.0. The van der Waals surface area contributed by atoms with Crippen LogP contribution in [-0.4, -0.2) is 38.4 Å². The third-order valence-corrected chi connectivity index (χ3v) is 5.09. The van der Waals surface area contributed by atoms with Gasteiger partial charge in [-0.05, 0) is 51.1 Å². The zero-order chi connectivity index (χ0) is 22.8. The van der Waals surface area contributed by atoms with Crippen LogP contribution in [0.25, 0.3) is 5.69 Å². The highest BCUT2D eigenvalue weighted by Gasteiger charge is 2.22. The van der Waals surface area contributed by atoms with Crippen molar-refractivity contribution in [2.45, 2.75) is 42.8 Å². The number of pyridine rings is 1. The van der Waals surface area contributed by atoms with Crippen molar-refractivity contribution in [2.24, 2.45) is 0 Å². The summed E-state index contributed by atoms with van der Waals surface area (Å²) in [4.78, 5) is 18.4. The molecule has 0 aliphatic heterocycles. The molecule has 2 heterocycles. The number of hydrogen-bond donors (Lipinski definition) is 0. The first-order valence-corrected chi connectivity index (χ1v) is 10.5. The van der Waals surface area contributed by atoms with Gasteiger partial charge in [-0.15, -0.1) is 0 Å². The van der Waals surface area contributed by atoms with E-state index in [-0.39, 0.29) is 12.2 Å². The lowest BCUT2D eigenvalue weighted by molar-refractivity contribution is 0.0283. The predicted molar refractivity (Wildman–Crippen MR) is 115 cm³/mol. The highest BCUT2D eigenvalue weighted by Crippen LogP contribution is 2.31. The van der Waals surface area contributed by atoms with Crippen molar-refractivity contribution in [1.29, 1.82) is 0 Å². The summed E-state index contributed by atoms with van der Waals surface area (Å²) in [6, 6.07) is 8.39. The molecule has 0 radical (unpaired) electrons. The van der Waals surface area contributed by atoms with E-state index in [0.29, 0.717) is 15.9 Å². The van der Waals surface area contributed by atoms with Crippen molar-refractivity contribution in [2.75, 3.05) is 7.05 Å². The Morgan fingerprint density at radius 2 is 1.97 bits per heavy atom. The van der Waals surface area contributed by atoms with Gasteiger partial charge in [-0.2, -0.15) is 5.10 Å². The Balaban J connectivity index is 1.93. The van der Waals surface area contributed by atoms with E-state index in [1.165, 1.54) is 27.4 Å². The minimum absolute atomic E-state index is 0.0805. The summed E-state index contributed by atoms with van der Waals surface area (Å²) in [7, 11) is 1.58. The van der Waals surface area contributed by atoms with Crippen molar-refractivity contribution in [1.82, 2.24) is 19.7 Å². The molecule has 164 valence electrons. The van der Waals surface area contributed by atoms with Crippen LogP contribution in [0, 0.1) is 11.6 Å². The smallest absolute Gasteiger partial charge is 0.410 e. The largest absolute Gasteiger partial charge is 0.444 e. The summed E-state index contributed by atoms with van der Waals surface area (Å²) in [6.07, 6.45) is 1.07. The molecule has 0 N–H and O–H groups in total. The number of carbonyl (C=O) groups excluding carboxylic acids is 1. The first-order chi connectivity index (χ1) is 14.5. The van der Waals surface area contributed by atoms with Gasteiger partial charge in [-0.25, -0.2) is 23.2 Å². The first-order valence-electron chi connectivity index (χ1n) is 9.30. The molecule has 6 nitrogen and oxygen atoms in total. The molecule has 0 bridgehead atoms. The van der Waals surface area contributed by atoms with Crippen molar-refractivity contribution in [3.05, 3.63) is 65.1 Å². The van der Waals surface area contributed by atoms with Crippen molar-refractivity contribution < 1.29 is 18.3 Å². The maximum Gasteiger partial charge on any atom is 0.410 e. The molecule has 2 aromatic heterocycles. The fourth-order valence-corrected chi connectivity index (χ4v) is 3.59. The monoisotopic (exact) mass is 466 g/mol. The summed E-state index contributed by atoms with van der Waals surface area (Å²) < 4.78 is 34.6. The molecule has 3 aromatic rings. The van der Waals surface area contributed by atoms with Gasteiger partial charge in [0.1, 0.15) is 27.3 Å². The molecular weight excluding hydrogens is 446 g/mol. The molecular formula is C21H21ClF2N4O2S. The van der Waals surface area contributed by atoms with E-state index in [9.17, 15) is 13.6 Å². The highest BCUT2D eigenvalue weighted by atomic mass is 35.5. The second-order valence-corrected chi connectivity index (χ2v) is 9.22. The Hall–Kier alpha value is -2.65. The van der Waals surface area contributed by atoms with E-state index in [1.54, 1.807) is 52.2 Å². The molecule has 0 saturated heterocycles. The van der Waals surface area contributed by atoms with E-state index in [4.69, 9.17) is 16.3 Å². The molecule has 3 rings (SSSR count). The van der Waals surface area contributed by atoms with Gasteiger partial charge < -0.3 is 9.64 Å². The second-order valence-electron chi connectivity index (χ2n) is 7.74. The summed E-state index contributed by atoms with van der Waals surface area (Å²) in [5, 5.41) is 5.35. The lowest BCUT2D eigenvalue weighted by Gasteiger charge is -2.24. The number of nitrogens with zero attached hydrogens (tertiary/aromatic N) is 4. The van der Waals surface area contributed by atoms with E-state index in [2.05, 4.69) is 10.1 Å². The van der Waals surface area contributed by atoms with Gasteiger partial charge >= 0.3 is 6.09 Å². The fourth-order valence-electron chi connectivity index (χ4n) is 2.58. The average Bonchev–Trinajstić information content (AvgIpc) is 3.04. The molecule has 0 aliphatic carbocycles. The van der Waals surface area contributed by atoms with Crippen LogP contribution in [0.15, 0.2) is 52.5 Å². The van der Waals surface area contributed by atoms with Crippen LogP contribution in [-0.2, 0) is 11.3 Å². The fraction of sp³-hybridized carbons (Fsp3) is 0.286. The minimum atomic E-state index is -0.758. The normalized spacial score (nSPS) is 11.5. The summed E-state index contributed by atoms with van der Waals surface area (Å²) in [5.74, 6) is -1.44. The molecule has 0 aliphatic rings. The Labute approximate surface area is 188 Å². The molecule has 1 amide bonds. The van der Waals surface area contributed by atoms with Crippen molar-refractivity contribution in [3.8, 4) is 5.69 Å². The van der Waals surface area contributed by atoms with Crippen LogP contribution in [0.1, 0.15) is 26.5 Å². The second kappa shape index (κ2) is 9.23. The van der Waals surface area contributed by atoms with Crippen molar-refractivity contribution >= 4 is 29.5 Å². The molecule has 0 saturated carbocycles. The van der Waals surface area contributed by atoms with Gasteiger partial charge in [-0.3, -0.25) is 0 Å². The Kier molecular flexibility index (Phi) is 6.86. The predicted octanol–water partition coefficient (Wildman–Crippen LogP) is 5.72. The standard InChI is InChI=1S/C21H21ClF2N4O2S/c1-21(2,3)30-20(29)27(4)12-14-10-19(31-15-6-8-18(22)25-11-15)28(26-14)17-7-5-13(23)9-16(17)24/h5-11H,12H2,1-4H3. The molecule has 1 aromatic carbocycles. The average molecular weight is 467 g/mol. The van der Waals surface area contributed by atoms with Gasteiger partial charge in [0, 0.05) is 24.2 Å². The Morgan fingerprint density at radius 3 is 2.58 bits per heavy atom. The summed E-state index contributed by atoms with van der Waals surface area (Å²) in [5.41, 5.74) is -0.0524. The van der Waals surface area contributed by atoms with Gasteiger partial charge in [0.2, 0.25) is 0 Å². The quantitative estimate of drug-likeness (QED) is 0.450. The van der Waals surface area contributed by atoms with Crippen LogP contribution in [0.3, 0.4) is 0 Å². The van der Waals surface area contributed by atoms with Crippen molar-refractivity contribution in [3.63, 3.8) is 0 Å². The van der Waals surface area contributed by atoms with E-state index >= 15 is 0 Å². The third kappa shape index (κ3) is 6.18. The third-order valence-electron chi connectivity index (χ3n) is 3.89. The topological polar surface area (TPSA) is 60.2 Å². The lowest BCUT2D eigenvalue weighted by atomic mass is 10.2. The van der Waals surface area contributed by atoms with Gasteiger partial charge in [0.15, 0.2) is 5.82 Å². The van der Waals surface area contributed by atoms with E-state index < -0.39 is 23.3 Å². The van der Waals surface area contributed by atoms with E-state index in [0.717, 1.165) is 17.0 Å². The molecule has 0 unspecified atom stereocenters. The number of ether oxygens (including phenoxy) is 1. The maximum absolute atomic E-state index is 14.5. The Morgan fingerprint density at radius 1 is 1.23 bits per heavy atom. The molecule has 0 fully saturated rings. The molecule has 0 atom stereocenters. The minimum Gasteiger partial charge on any atom is -0.444 e. The van der Waals surface area contributed by atoms with Crippen LogP contribution in [0.2, 0.25) is 5.15 Å².